The van der Waals surface area contributed by atoms with Gasteiger partial charge in [-0.1, -0.05) is 50.6 Å². The van der Waals surface area contributed by atoms with E-state index in [1.165, 1.54) is 10.6 Å². The molecule has 4 rings (SSSR count). The molecule has 1 aromatic heterocycles. The summed E-state index contributed by atoms with van der Waals surface area (Å²) in [6.45, 7) is 7.62. The molecule has 0 radical (unpaired) electrons. The number of carbonyl (C=O) groups excluding carboxylic acids is 1. The summed E-state index contributed by atoms with van der Waals surface area (Å²) in [6, 6.07) is 12.5. The number of nitrogens with zero attached hydrogens (tertiary/aromatic N) is 2. The molecule has 4 nitrogen and oxygen atoms in total. The van der Waals surface area contributed by atoms with Crippen molar-refractivity contribution in [2.75, 3.05) is 6.54 Å². The SMILES string of the molecule is CC1C2CC(CN2C(=O)/C(=C\c2ccc(Cl)cc2)n2ccccc2=O)CC1(C)C. The van der Waals surface area contributed by atoms with E-state index in [-0.39, 0.29) is 22.9 Å². The molecule has 2 fully saturated rings. The number of halogens is 1. The minimum Gasteiger partial charge on any atom is -0.334 e. The first-order valence-electron chi connectivity index (χ1n) is 10.2. The van der Waals surface area contributed by atoms with E-state index in [1.54, 1.807) is 36.5 Å². The van der Waals surface area contributed by atoms with Crippen LogP contribution < -0.4 is 5.56 Å². The zero-order valence-corrected chi connectivity index (χ0v) is 17.9. The summed E-state index contributed by atoms with van der Waals surface area (Å²) >= 11 is 6.01. The Labute approximate surface area is 176 Å². The number of rotatable bonds is 3. The second-order valence-electron chi connectivity index (χ2n) is 9.10. The number of amides is 1. The average molecular weight is 411 g/mol. The lowest BCUT2D eigenvalue weighted by atomic mass is 9.65. The first-order chi connectivity index (χ1) is 13.8. The molecular weight excluding hydrogens is 384 g/mol. The molecule has 0 N–H and O–H groups in total. The third kappa shape index (κ3) is 3.78. The van der Waals surface area contributed by atoms with E-state index in [2.05, 4.69) is 20.8 Å². The summed E-state index contributed by atoms with van der Waals surface area (Å²) in [5.74, 6) is 0.860. The van der Waals surface area contributed by atoms with Gasteiger partial charge in [-0.25, -0.2) is 0 Å². The summed E-state index contributed by atoms with van der Waals surface area (Å²) in [5, 5.41) is 0.635. The van der Waals surface area contributed by atoms with Crippen molar-refractivity contribution in [3.8, 4) is 0 Å². The fourth-order valence-electron chi connectivity index (χ4n) is 4.99. The maximum atomic E-state index is 13.7. The molecule has 2 aliphatic rings. The number of likely N-dealkylation sites (tertiary alicyclic amines) is 1. The van der Waals surface area contributed by atoms with Gasteiger partial charge in [0.05, 0.1) is 0 Å². The quantitative estimate of drug-likeness (QED) is 0.683. The first kappa shape index (κ1) is 20.0. The summed E-state index contributed by atoms with van der Waals surface area (Å²) < 4.78 is 1.45. The number of hydrogen-bond acceptors (Lipinski definition) is 2. The minimum atomic E-state index is -0.211. The van der Waals surface area contributed by atoms with E-state index in [0.717, 1.165) is 24.9 Å². The van der Waals surface area contributed by atoms with E-state index in [1.807, 2.05) is 17.0 Å². The summed E-state index contributed by atoms with van der Waals surface area (Å²) in [4.78, 5) is 28.3. The van der Waals surface area contributed by atoms with Gasteiger partial charge in [-0.2, -0.15) is 0 Å². The zero-order chi connectivity index (χ0) is 20.8. The molecule has 2 heterocycles. The molecule has 1 saturated carbocycles. The van der Waals surface area contributed by atoms with Crippen LogP contribution in [-0.2, 0) is 4.79 Å². The maximum absolute atomic E-state index is 13.7. The van der Waals surface area contributed by atoms with Crippen LogP contribution in [0, 0.1) is 17.3 Å². The number of hydrogen-bond donors (Lipinski definition) is 0. The maximum Gasteiger partial charge on any atom is 0.271 e. The second kappa shape index (κ2) is 7.49. The monoisotopic (exact) mass is 410 g/mol. The molecule has 5 heteroatoms. The molecule has 1 aliphatic heterocycles. The Balaban J connectivity index is 1.76. The van der Waals surface area contributed by atoms with Crippen LogP contribution in [0.15, 0.2) is 53.5 Å². The summed E-state index contributed by atoms with van der Waals surface area (Å²) in [7, 11) is 0. The number of aromatic nitrogens is 1. The molecule has 3 atom stereocenters. The Hall–Kier alpha value is -2.33. The first-order valence-corrected chi connectivity index (χ1v) is 10.6. The van der Waals surface area contributed by atoms with Crippen LogP contribution in [0.5, 0.6) is 0 Å². The second-order valence-corrected chi connectivity index (χ2v) is 9.53. The molecule has 1 saturated heterocycles. The van der Waals surface area contributed by atoms with Gasteiger partial charge in [0.2, 0.25) is 0 Å². The van der Waals surface area contributed by atoms with Gasteiger partial charge in [-0.3, -0.25) is 14.2 Å². The molecule has 2 aromatic rings. The molecule has 3 unspecified atom stereocenters. The van der Waals surface area contributed by atoms with E-state index in [9.17, 15) is 9.59 Å². The van der Waals surface area contributed by atoms with Crippen LogP contribution in [0.4, 0.5) is 0 Å². The highest BCUT2D eigenvalue weighted by Crippen LogP contribution is 2.49. The Kier molecular flexibility index (Phi) is 5.16. The summed E-state index contributed by atoms with van der Waals surface area (Å²) in [6.07, 6.45) is 5.64. The van der Waals surface area contributed by atoms with Crippen molar-refractivity contribution in [1.29, 1.82) is 0 Å². The van der Waals surface area contributed by atoms with Crippen molar-refractivity contribution < 1.29 is 4.79 Å². The smallest absolute Gasteiger partial charge is 0.271 e. The largest absolute Gasteiger partial charge is 0.334 e. The van der Waals surface area contributed by atoms with Crippen LogP contribution in [0.25, 0.3) is 11.8 Å². The zero-order valence-electron chi connectivity index (χ0n) is 17.1. The van der Waals surface area contributed by atoms with Crippen molar-refractivity contribution in [1.82, 2.24) is 9.47 Å². The molecule has 1 aromatic carbocycles. The van der Waals surface area contributed by atoms with E-state index in [4.69, 9.17) is 11.6 Å². The summed E-state index contributed by atoms with van der Waals surface area (Å²) in [5.41, 5.74) is 1.22. The molecule has 152 valence electrons. The van der Waals surface area contributed by atoms with Crippen molar-refractivity contribution in [3.05, 3.63) is 69.6 Å². The Morgan fingerprint density at radius 3 is 2.59 bits per heavy atom. The molecule has 29 heavy (non-hydrogen) atoms. The predicted molar refractivity (Wildman–Crippen MR) is 117 cm³/mol. The van der Waals surface area contributed by atoms with Gasteiger partial charge in [0.25, 0.3) is 11.5 Å². The lowest BCUT2D eigenvalue weighted by molar-refractivity contribution is -0.127. The fraction of sp³-hybridized carbons (Fsp3) is 0.417. The number of carbonyl (C=O) groups is 1. The van der Waals surface area contributed by atoms with Gasteiger partial charge in [0.15, 0.2) is 0 Å². The highest BCUT2D eigenvalue weighted by molar-refractivity contribution is 6.30. The van der Waals surface area contributed by atoms with Gasteiger partial charge in [-0.15, -0.1) is 0 Å². The number of pyridine rings is 1. The number of fused-ring (bicyclic) bond motifs is 2. The van der Waals surface area contributed by atoms with E-state index >= 15 is 0 Å². The lowest BCUT2D eigenvalue weighted by Gasteiger charge is -2.42. The van der Waals surface area contributed by atoms with Gasteiger partial charge in [0.1, 0.15) is 5.70 Å². The number of benzene rings is 1. The Morgan fingerprint density at radius 2 is 1.90 bits per heavy atom. The topological polar surface area (TPSA) is 42.3 Å². The molecule has 2 bridgehead atoms. The van der Waals surface area contributed by atoms with Crippen LogP contribution in [0.1, 0.15) is 39.2 Å². The third-order valence-corrected chi connectivity index (χ3v) is 7.04. The van der Waals surface area contributed by atoms with Gasteiger partial charge in [0, 0.05) is 29.9 Å². The van der Waals surface area contributed by atoms with Crippen LogP contribution in [0.2, 0.25) is 5.02 Å². The average Bonchev–Trinajstić information content (AvgIpc) is 3.05. The highest BCUT2D eigenvalue weighted by atomic mass is 35.5. The fourth-order valence-corrected chi connectivity index (χ4v) is 5.11. The van der Waals surface area contributed by atoms with Crippen molar-refractivity contribution in [2.45, 2.75) is 39.7 Å². The Morgan fingerprint density at radius 1 is 1.17 bits per heavy atom. The predicted octanol–water partition coefficient (Wildman–Crippen LogP) is 4.78. The van der Waals surface area contributed by atoms with Crippen LogP contribution in [0.3, 0.4) is 0 Å². The third-order valence-electron chi connectivity index (χ3n) is 6.79. The van der Waals surface area contributed by atoms with Crippen LogP contribution >= 0.6 is 11.6 Å². The van der Waals surface area contributed by atoms with Crippen molar-refractivity contribution in [3.63, 3.8) is 0 Å². The van der Waals surface area contributed by atoms with Gasteiger partial charge < -0.3 is 4.90 Å². The normalized spacial score (nSPS) is 25.9. The minimum absolute atomic E-state index is 0.0784. The van der Waals surface area contributed by atoms with Crippen molar-refractivity contribution in [2.24, 2.45) is 17.3 Å². The van der Waals surface area contributed by atoms with Gasteiger partial charge >= 0.3 is 0 Å². The standard InChI is InChI=1S/C24H27ClN2O2/c1-16-20-13-18(14-24(16,2)3)15-27(20)23(29)21(26-11-5-4-6-22(26)28)12-17-7-9-19(25)10-8-17/h4-12,16,18,20H,13-15H2,1-3H3/b21-12+. The molecule has 1 aliphatic carbocycles. The Bertz CT molecular complexity index is 1010. The molecule has 1 amide bonds. The van der Waals surface area contributed by atoms with Crippen molar-refractivity contribution >= 4 is 29.3 Å². The van der Waals surface area contributed by atoms with Crippen LogP contribution in [-0.4, -0.2) is 28.0 Å². The highest BCUT2D eigenvalue weighted by Gasteiger charge is 2.49. The van der Waals surface area contributed by atoms with E-state index in [0.29, 0.717) is 22.6 Å². The van der Waals surface area contributed by atoms with Gasteiger partial charge in [-0.05, 0) is 59.9 Å². The molecular formula is C24H27ClN2O2. The lowest BCUT2D eigenvalue weighted by Crippen LogP contribution is -2.45. The van der Waals surface area contributed by atoms with E-state index < -0.39 is 0 Å². The molecule has 0 spiro atoms.